The molecule has 1 aromatic heterocycles. The molecule has 7 heteroatoms. The molecule has 1 amide bonds. The Labute approximate surface area is 192 Å². The van der Waals surface area contributed by atoms with E-state index in [0.29, 0.717) is 19.0 Å². The molecular formula is C25H27N3O3S. The van der Waals surface area contributed by atoms with Crippen LogP contribution in [0.4, 0.5) is 0 Å². The van der Waals surface area contributed by atoms with E-state index in [1.807, 2.05) is 42.4 Å². The molecule has 0 spiro atoms. The van der Waals surface area contributed by atoms with Gasteiger partial charge in [0, 0.05) is 20.0 Å². The van der Waals surface area contributed by atoms with Gasteiger partial charge in [-0.1, -0.05) is 48.2 Å². The quantitative estimate of drug-likeness (QED) is 0.528. The minimum Gasteiger partial charge on any atom is -0.490 e. The smallest absolute Gasteiger partial charge is 0.233 e. The Morgan fingerprint density at radius 3 is 2.75 bits per heavy atom. The summed E-state index contributed by atoms with van der Waals surface area (Å²) in [6.45, 7) is 2.13. The number of hydrogen-bond acceptors (Lipinski definition) is 5. The Kier molecular flexibility index (Phi) is 6.08. The van der Waals surface area contributed by atoms with Crippen LogP contribution in [0.1, 0.15) is 30.9 Å². The summed E-state index contributed by atoms with van der Waals surface area (Å²) in [5, 5.41) is 0.850. The van der Waals surface area contributed by atoms with E-state index < -0.39 is 0 Å². The molecule has 3 heterocycles. The number of benzene rings is 2. The van der Waals surface area contributed by atoms with E-state index in [9.17, 15) is 4.79 Å². The molecule has 2 aliphatic heterocycles. The summed E-state index contributed by atoms with van der Waals surface area (Å²) in [6.07, 6.45) is 4.74. The monoisotopic (exact) mass is 449 g/mol. The Bertz CT molecular complexity index is 1100. The molecule has 2 aromatic carbocycles. The van der Waals surface area contributed by atoms with Gasteiger partial charge in [0.05, 0.1) is 36.9 Å². The normalized spacial score (nSPS) is 17.9. The molecule has 2 aliphatic rings. The van der Waals surface area contributed by atoms with Crippen LogP contribution >= 0.6 is 11.8 Å². The van der Waals surface area contributed by atoms with Crippen LogP contribution in [0.2, 0.25) is 0 Å². The van der Waals surface area contributed by atoms with Crippen molar-refractivity contribution in [3.05, 3.63) is 60.3 Å². The van der Waals surface area contributed by atoms with Crippen molar-refractivity contribution in [3.63, 3.8) is 0 Å². The molecule has 0 bridgehead atoms. The second kappa shape index (κ2) is 9.28. The lowest BCUT2D eigenvalue weighted by molar-refractivity contribution is -0.129. The highest BCUT2D eigenvalue weighted by atomic mass is 32.2. The minimum atomic E-state index is 0.0847. The lowest BCUT2D eigenvalue weighted by Gasteiger charge is -2.25. The van der Waals surface area contributed by atoms with Gasteiger partial charge in [0.25, 0.3) is 0 Å². The highest BCUT2D eigenvalue weighted by Gasteiger charge is 2.31. The number of likely N-dealkylation sites (tertiary alicyclic amines) is 1. The topological polar surface area (TPSA) is 56.6 Å². The predicted octanol–water partition coefficient (Wildman–Crippen LogP) is 4.70. The van der Waals surface area contributed by atoms with Gasteiger partial charge in [0.2, 0.25) is 5.91 Å². The third-order valence-corrected chi connectivity index (χ3v) is 7.10. The zero-order valence-corrected chi connectivity index (χ0v) is 19.0. The van der Waals surface area contributed by atoms with E-state index in [-0.39, 0.29) is 11.9 Å². The van der Waals surface area contributed by atoms with E-state index in [1.54, 1.807) is 0 Å². The summed E-state index contributed by atoms with van der Waals surface area (Å²) in [6, 6.07) is 16.4. The zero-order chi connectivity index (χ0) is 21.9. The van der Waals surface area contributed by atoms with Crippen LogP contribution in [0.3, 0.4) is 0 Å². The number of carbonyl (C=O) groups excluding carboxylic acids is 1. The van der Waals surface area contributed by atoms with Gasteiger partial charge in [-0.05, 0) is 36.1 Å². The van der Waals surface area contributed by atoms with E-state index in [0.717, 1.165) is 59.3 Å². The van der Waals surface area contributed by atoms with Crippen LogP contribution in [0.5, 0.6) is 11.5 Å². The van der Waals surface area contributed by atoms with Gasteiger partial charge in [-0.3, -0.25) is 4.79 Å². The number of amides is 1. The average Bonchev–Trinajstić information content (AvgIpc) is 3.38. The fraction of sp³-hybridized carbons (Fsp3) is 0.360. The molecule has 1 saturated heterocycles. The van der Waals surface area contributed by atoms with Crippen LogP contribution < -0.4 is 9.47 Å². The number of hydrogen-bond donors (Lipinski definition) is 0. The standard InChI is InChI=1S/C25H27N3O3S/c1-27-21(18-7-3-2-4-8-18)16-26-25(27)32-17-24(29)28-12-5-9-20(28)19-10-11-22-23(15-19)31-14-6-13-30-22/h2-4,7-8,10-11,15-16,20H,5-6,9,12-14,17H2,1H3/t20-/m0/s1. The van der Waals surface area contributed by atoms with E-state index in [1.165, 1.54) is 11.8 Å². The number of ether oxygens (including phenoxy) is 2. The highest BCUT2D eigenvalue weighted by molar-refractivity contribution is 7.99. The van der Waals surface area contributed by atoms with Crippen molar-refractivity contribution in [2.24, 2.45) is 7.05 Å². The second-order valence-corrected chi connectivity index (χ2v) is 9.08. The van der Waals surface area contributed by atoms with Gasteiger partial charge in [-0.2, -0.15) is 0 Å². The molecule has 0 unspecified atom stereocenters. The van der Waals surface area contributed by atoms with Crippen molar-refractivity contribution in [3.8, 4) is 22.8 Å². The lowest BCUT2D eigenvalue weighted by Crippen LogP contribution is -2.32. The molecule has 1 atom stereocenters. The number of fused-ring (bicyclic) bond motifs is 1. The first-order valence-electron chi connectivity index (χ1n) is 11.1. The highest BCUT2D eigenvalue weighted by Crippen LogP contribution is 2.38. The van der Waals surface area contributed by atoms with Gasteiger partial charge in [0.15, 0.2) is 16.7 Å². The third-order valence-electron chi connectivity index (χ3n) is 6.07. The molecule has 0 aliphatic carbocycles. The fourth-order valence-electron chi connectivity index (χ4n) is 4.41. The van der Waals surface area contributed by atoms with E-state index in [4.69, 9.17) is 9.47 Å². The van der Waals surface area contributed by atoms with Gasteiger partial charge in [0.1, 0.15) is 0 Å². The molecular weight excluding hydrogens is 422 g/mol. The first-order valence-corrected chi connectivity index (χ1v) is 12.1. The Balaban J connectivity index is 1.27. The number of thioether (sulfide) groups is 1. The molecule has 32 heavy (non-hydrogen) atoms. The fourth-order valence-corrected chi connectivity index (χ4v) is 5.25. The maximum absolute atomic E-state index is 13.1. The summed E-state index contributed by atoms with van der Waals surface area (Å²) in [7, 11) is 2.00. The maximum Gasteiger partial charge on any atom is 0.233 e. The molecule has 6 nitrogen and oxygen atoms in total. The minimum absolute atomic E-state index is 0.0847. The van der Waals surface area contributed by atoms with E-state index in [2.05, 4.69) is 33.8 Å². The first kappa shape index (κ1) is 20.9. The molecule has 0 N–H and O–H groups in total. The molecule has 166 valence electrons. The van der Waals surface area contributed by atoms with Crippen molar-refractivity contribution >= 4 is 17.7 Å². The van der Waals surface area contributed by atoms with Crippen molar-refractivity contribution in [2.45, 2.75) is 30.5 Å². The van der Waals surface area contributed by atoms with Crippen LogP contribution in [-0.4, -0.2) is 45.9 Å². The van der Waals surface area contributed by atoms with Crippen LogP contribution in [0.15, 0.2) is 59.9 Å². The Morgan fingerprint density at radius 2 is 1.91 bits per heavy atom. The summed E-state index contributed by atoms with van der Waals surface area (Å²) < 4.78 is 13.7. The second-order valence-electron chi connectivity index (χ2n) is 8.14. The van der Waals surface area contributed by atoms with Gasteiger partial charge in [-0.25, -0.2) is 4.98 Å². The SMILES string of the molecule is Cn1c(-c2ccccc2)cnc1SCC(=O)N1CCC[C@H]1c1ccc2c(c1)OCCCO2. The van der Waals surface area contributed by atoms with Crippen molar-refractivity contribution < 1.29 is 14.3 Å². The zero-order valence-electron chi connectivity index (χ0n) is 18.2. The molecule has 0 radical (unpaired) electrons. The third kappa shape index (κ3) is 4.21. The summed E-state index contributed by atoms with van der Waals surface area (Å²) in [5.74, 6) is 2.10. The summed E-state index contributed by atoms with van der Waals surface area (Å²) in [5.41, 5.74) is 3.29. The predicted molar refractivity (Wildman–Crippen MR) is 125 cm³/mol. The average molecular weight is 450 g/mol. The summed E-state index contributed by atoms with van der Waals surface area (Å²) >= 11 is 1.50. The van der Waals surface area contributed by atoms with Crippen LogP contribution in [0.25, 0.3) is 11.3 Å². The van der Waals surface area contributed by atoms with Crippen LogP contribution in [-0.2, 0) is 11.8 Å². The number of rotatable bonds is 5. The van der Waals surface area contributed by atoms with E-state index >= 15 is 0 Å². The van der Waals surface area contributed by atoms with Crippen LogP contribution in [0, 0.1) is 0 Å². The van der Waals surface area contributed by atoms with Gasteiger partial charge in [-0.15, -0.1) is 0 Å². The lowest BCUT2D eigenvalue weighted by atomic mass is 10.0. The largest absolute Gasteiger partial charge is 0.490 e. The number of carbonyl (C=O) groups is 1. The molecule has 1 fully saturated rings. The van der Waals surface area contributed by atoms with Crippen molar-refractivity contribution in [1.29, 1.82) is 0 Å². The number of aromatic nitrogens is 2. The Morgan fingerprint density at radius 1 is 1.09 bits per heavy atom. The molecule has 0 saturated carbocycles. The molecule has 5 rings (SSSR count). The first-order chi connectivity index (χ1) is 15.7. The van der Waals surface area contributed by atoms with Gasteiger partial charge < -0.3 is 18.9 Å². The van der Waals surface area contributed by atoms with Crippen molar-refractivity contribution in [2.75, 3.05) is 25.5 Å². The maximum atomic E-state index is 13.1. The Hall–Kier alpha value is -2.93. The number of imidazole rings is 1. The van der Waals surface area contributed by atoms with Crippen molar-refractivity contribution in [1.82, 2.24) is 14.5 Å². The number of nitrogens with zero attached hydrogens (tertiary/aromatic N) is 3. The molecule has 3 aromatic rings. The van der Waals surface area contributed by atoms with Gasteiger partial charge >= 0.3 is 0 Å². The summed E-state index contributed by atoms with van der Waals surface area (Å²) in [4.78, 5) is 19.7.